The molecule has 1 aromatic heterocycles. The summed E-state index contributed by atoms with van der Waals surface area (Å²) >= 11 is 5.78. The van der Waals surface area contributed by atoms with Gasteiger partial charge in [0.25, 0.3) is 0 Å². The predicted octanol–water partition coefficient (Wildman–Crippen LogP) is 3.52. The van der Waals surface area contributed by atoms with Gasteiger partial charge in [-0.3, -0.25) is 4.98 Å². The van der Waals surface area contributed by atoms with E-state index in [4.69, 9.17) is 11.6 Å². The van der Waals surface area contributed by atoms with E-state index in [-0.39, 0.29) is 6.04 Å². The van der Waals surface area contributed by atoms with E-state index >= 15 is 0 Å². The summed E-state index contributed by atoms with van der Waals surface area (Å²) < 4.78 is 26.5. The van der Waals surface area contributed by atoms with Crippen LogP contribution in [0.2, 0.25) is 5.02 Å². The van der Waals surface area contributed by atoms with Crippen molar-refractivity contribution in [1.29, 1.82) is 0 Å². The molecule has 2 nitrogen and oxygen atoms in total. The summed E-state index contributed by atoms with van der Waals surface area (Å²) in [6.45, 7) is 0. The van der Waals surface area contributed by atoms with Crippen LogP contribution in [-0.4, -0.2) is 12.0 Å². The lowest BCUT2D eigenvalue weighted by atomic mass is 10.0. The average molecular weight is 283 g/mol. The summed E-state index contributed by atoms with van der Waals surface area (Å²) in [6.07, 6.45) is 1.93. The van der Waals surface area contributed by atoms with Crippen LogP contribution in [0.4, 0.5) is 8.78 Å². The summed E-state index contributed by atoms with van der Waals surface area (Å²) in [5.41, 5.74) is 1.20. The lowest BCUT2D eigenvalue weighted by Crippen LogP contribution is -2.20. The molecule has 19 heavy (non-hydrogen) atoms. The normalized spacial score (nSPS) is 12.4. The topological polar surface area (TPSA) is 24.9 Å². The number of halogens is 3. The summed E-state index contributed by atoms with van der Waals surface area (Å²) in [7, 11) is 1.77. The van der Waals surface area contributed by atoms with Crippen molar-refractivity contribution < 1.29 is 8.78 Å². The first-order valence-corrected chi connectivity index (χ1v) is 6.20. The van der Waals surface area contributed by atoms with Crippen molar-refractivity contribution in [1.82, 2.24) is 10.3 Å². The Morgan fingerprint density at radius 3 is 2.63 bits per heavy atom. The number of hydrogen-bond donors (Lipinski definition) is 1. The summed E-state index contributed by atoms with van der Waals surface area (Å²) in [6, 6.07) is 6.94. The minimum Gasteiger partial charge on any atom is -0.311 e. The quantitative estimate of drug-likeness (QED) is 0.928. The molecule has 1 heterocycles. The van der Waals surface area contributed by atoms with E-state index in [2.05, 4.69) is 10.3 Å². The zero-order valence-corrected chi connectivity index (χ0v) is 11.1. The highest BCUT2D eigenvalue weighted by atomic mass is 35.5. The third-order valence-corrected chi connectivity index (χ3v) is 3.12. The molecule has 0 bridgehead atoms. The van der Waals surface area contributed by atoms with Gasteiger partial charge < -0.3 is 5.32 Å². The fourth-order valence-corrected chi connectivity index (χ4v) is 1.97. The van der Waals surface area contributed by atoms with Gasteiger partial charge in [0, 0.05) is 12.3 Å². The second-order valence-electron chi connectivity index (χ2n) is 4.18. The van der Waals surface area contributed by atoms with Crippen LogP contribution in [0.1, 0.15) is 17.3 Å². The third-order valence-electron chi connectivity index (χ3n) is 2.89. The van der Waals surface area contributed by atoms with Crippen molar-refractivity contribution in [2.24, 2.45) is 0 Å². The maximum absolute atomic E-state index is 13.6. The van der Waals surface area contributed by atoms with Crippen LogP contribution in [0.15, 0.2) is 36.5 Å². The van der Waals surface area contributed by atoms with Crippen molar-refractivity contribution in [3.8, 4) is 0 Å². The molecule has 2 aromatic rings. The second kappa shape index (κ2) is 6.08. The van der Waals surface area contributed by atoms with Crippen molar-refractivity contribution in [3.05, 3.63) is 64.4 Å². The fourth-order valence-electron chi connectivity index (χ4n) is 1.86. The Morgan fingerprint density at radius 1 is 1.26 bits per heavy atom. The summed E-state index contributed by atoms with van der Waals surface area (Å²) in [4.78, 5) is 4.20. The van der Waals surface area contributed by atoms with E-state index in [1.165, 1.54) is 12.1 Å². The molecule has 1 unspecified atom stereocenters. The number of likely N-dealkylation sites (N-methyl/N-ethyl adjacent to an activating group) is 1. The van der Waals surface area contributed by atoms with Gasteiger partial charge in [0.1, 0.15) is 11.6 Å². The Balaban J connectivity index is 2.21. The summed E-state index contributed by atoms with van der Waals surface area (Å²) in [5.74, 6) is -1.12. The minimum absolute atomic E-state index is 0.155. The largest absolute Gasteiger partial charge is 0.311 e. The van der Waals surface area contributed by atoms with Crippen LogP contribution >= 0.6 is 11.6 Å². The molecule has 2 rings (SSSR count). The maximum atomic E-state index is 13.6. The fraction of sp³-hybridized carbons (Fsp3) is 0.214. The molecule has 0 fully saturated rings. The van der Waals surface area contributed by atoms with Gasteiger partial charge in [-0.25, -0.2) is 8.78 Å². The average Bonchev–Trinajstić information content (AvgIpc) is 2.39. The highest BCUT2D eigenvalue weighted by Crippen LogP contribution is 2.20. The molecule has 0 radical (unpaired) electrons. The first-order chi connectivity index (χ1) is 9.10. The Morgan fingerprint density at radius 2 is 2.05 bits per heavy atom. The first-order valence-electron chi connectivity index (χ1n) is 5.83. The van der Waals surface area contributed by atoms with E-state index < -0.39 is 11.6 Å². The predicted molar refractivity (Wildman–Crippen MR) is 71.1 cm³/mol. The molecule has 1 aromatic carbocycles. The Bertz CT molecular complexity index is 558. The van der Waals surface area contributed by atoms with Gasteiger partial charge in [-0.2, -0.15) is 0 Å². The number of hydrogen-bond acceptors (Lipinski definition) is 2. The molecule has 1 atom stereocenters. The molecular formula is C14H13ClF2N2. The second-order valence-corrected chi connectivity index (χ2v) is 4.62. The maximum Gasteiger partial charge on any atom is 0.129 e. The number of nitrogens with zero attached hydrogens (tertiary/aromatic N) is 1. The van der Waals surface area contributed by atoms with E-state index in [1.54, 1.807) is 25.4 Å². The lowest BCUT2D eigenvalue weighted by Gasteiger charge is -2.16. The molecule has 0 aliphatic rings. The van der Waals surface area contributed by atoms with E-state index in [9.17, 15) is 8.78 Å². The standard InChI is InChI=1S/C14H13ClF2N2/c1-18-14(13-5-3-10(15)8-19-13)6-9-2-4-11(16)7-12(9)17/h2-5,7-8,14,18H,6H2,1H3. The molecule has 1 N–H and O–H groups in total. The van der Waals surface area contributed by atoms with E-state index in [0.29, 0.717) is 17.0 Å². The van der Waals surface area contributed by atoms with Crippen LogP contribution in [0, 0.1) is 11.6 Å². The third kappa shape index (κ3) is 3.49. The highest BCUT2D eigenvalue weighted by molar-refractivity contribution is 6.30. The van der Waals surface area contributed by atoms with Gasteiger partial charge >= 0.3 is 0 Å². The van der Waals surface area contributed by atoms with Crippen LogP contribution in [-0.2, 0) is 6.42 Å². The summed E-state index contributed by atoms with van der Waals surface area (Å²) in [5, 5.41) is 3.61. The highest BCUT2D eigenvalue weighted by Gasteiger charge is 2.14. The molecule has 0 amide bonds. The van der Waals surface area contributed by atoms with E-state index in [1.807, 2.05) is 0 Å². The van der Waals surface area contributed by atoms with Crippen molar-refractivity contribution in [2.75, 3.05) is 7.05 Å². The number of pyridine rings is 1. The molecular weight excluding hydrogens is 270 g/mol. The zero-order chi connectivity index (χ0) is 13.8. The molecule has 5 heteroatoms. The monoisotopic (exact) mass is 282 g/mol. The molecule has 0 aliphatic carbocycles. The van der Waals surface area contributed by atoms with Gasteiger partial charge in [-0.05, 0) is 37.2 Å². The number of benzene rings is 1. The Hall–Kier alpha value is -1.52. The minimum atomic E-state index is -0.577. The lowest BCUT2D eigenvalue weighted by molar-refractivity contribution is 0.534. The zero-order valence-electron chi connectivity index (χ0n) is 10.3. The molecule has 0 spiro atoms. The molecule has 100 valence electrons. The van der Waals surface area contributed by atoms with Gasteiger partial charge in [-0.15, -0.1) is 0 Å². The van der Waals surface area contributed by atoms with Crippen LogP contribution in [0.25, 0.3) is 0 Å². The first kappa shape index (κ1) is 13.9. The number of nitrogens with one attached hydrogen (secondary N) is 1. The molecule has 0 aliphatic heterocycles. The molecule has 0 saturated carbocycles. The molecule has 0 saturated heterocycles. The van der Waals surface area contributed by atoms with Crippen LogP contribution in [0.3, 0.4) is 0 Å². The van der Waals surface area contributed by atoms with Crippen LogP contribution < -0.4 is 5.32 Å². The van der Waals surface area contributed by atoms with Crippen molar-refractivity contribution in [2.45, 2.75) is 12.5 Å². The van der Waals surface area contributed by atoms with Gasteiger partial charge in [0.2, 0.25) is 0 Å². The van der Waals surface area contributed by atoms with Gasteiger partial charge in [0.15, 0.2) is 0 Å². The van der Waals surface area contributed by atoms with Crippen molar-refractivity contribution in [3.63, 3.8) is 0 Å². The number of rotatable bonds is 4. The Kier molecular flexibility index (Phi) is 4.45. The van der Waals surface area contributed by atoms with Crippen molar-refractivity contribution >= 4 is 11.6 Å². The Labute approximate surface area is 115 Å². The van der Waals surface area contributed by atoms with E-state index in [0.717, 1.165) is 11.8 Å². The van der Waals surface area contributed by atoms with Crippen LogP contribution in [0.5, 0.6) is 0 Å². The smallest absolute Gasteiger partial charge is 0.129 e. The van der Waals surface area contributed by atoms with Gasteiger partial charge in [-0.1, -0.05) is 17.7 Å². The van der Waals surface area contributed by atoms with Gasteiger partial charge in [0.05, 0.1) is 16.8 Å². The number of aromatic nitrogens is 1. The SMILES string of the molecule is CNC(Cc1ccc(F)cc1F)c1ccc(Cl)cn1.